The summed E-state index contributed by atoms with van der Waals surface area (Å²) in [6, 6.07) is 7.91. The highest BCUT2D eigenvalue weighted by Crippen LogP contribution is 2.31. The number of rotatable bonds is 4. The summed E-state index contributed by atoms with van der Waals surface area (Å²) in [4.78, 5) is 4.94. The number of hydrogen-bond donors (Lipinski definition) is 0. The Hall–Kier alpha value is -2.45. The summed E-state index contributed by atoms with van der Waals surface area (Å²) >= 11 is 0. The largest absolute Gasteiger partial charge is 0.619 e. The molecule has 8 heteroatoms. The first-order valence-electron chi connectivity index (χ1n) is 10.2. The van der Waals surface area contributed by atoms with Crippen LogP contribution in [0.4, 0.5) is 0 Å². The van der Waals surface area contributed by atoms with Crippen molar-refractivity contribution in [1.82, 2.24) is 9.55 Å². The highest BCUT2D eigenvalue weighted by molar-refractivity contribution is 7.91. The maximum Gasteiger partial charge on any atom is 0.212 e. The van der Waals surface area contributed by atoms with E-state index in [4.69, 9.17) is 9.72 Å². The van der Waals surface area contributed by atoms with Crippen molar-refractivity contribution < 1.29 is 17.9 Å². The molecule has 4 rings (SSSR count). The molecule has 0 bridgehead atoms. The highest BCUT2D eigenvalue weighted by atomic mass is 32.2. The lowest BCUT2D eigenvalue weighted by Crippen LogP contribution is -2.25. The molecule has 1 aliphatic rings. The molecule has 0 spiro atoms. The third kappa shape index (κ3) is 3.94. The molecule has 0 amide bonds. The average molecular weight is 430 g/mol. The van der Waals surface area contributed by atoms with E-state index in [1.165, 1.54) is 18.3 Å². The molecule has 1 saturated heterocycles. The van der Waals surface area contributed by atoms with Crippen molar-refractivity contribution in [1.29, 1.82) is 0 Å². The highest BCUT2D eigenvalue weighted by Gasteiger charge is 2.27. The number of hydrogen-bond acceptors (Lipinski definition) is 5. The normalized spacial score (nSPS) is 16.2. The Morgan fingerprint density at radius 2 is 1.93 bits per heavy atom. The lowest BCUT2D eigenvalue weighted by Gasteiger charge is -2.26. The van der Waals surface area contributed by atoms with Gasteiger partial charge in [-0.2, -0.15) is 4.73 Å². The van der Waals surface area contributed by atoms with Gasteiger partial charge in [0.2, 0.25) is 9.84 Å². The molecule has 0 unspecified atom stereocenters. The van der Waals surface area contributed by atoms with Crippen LogP contribution in [0, 0.1) is 11.1 Å². The second-order valence-corrected chi connectivity index (χ2v) is 10.9. The maximum atomic E-state index is 13.0. The minimum atomic E-state index is -3.81. The van der Waals surface area contributed by atoms with Gasteiger partial charge in [-0.15, -0.1) is 0 Å². The summed E-state index contributed by atoms with van der Waals surface area (Å²) < 4.78 is 34.3. The molecule has 1 fully saturated rings. The minimum Gasteiger partial charge on any atom is -0.619 e. The molecule has 3 heterocycles. The van der Waals surface area contributed by atoms with Crippen molar-refractivity contribution in [3.8, 4) is 0 Å². The van der Waals surface area contributed by atoms with Crippen molar-refractivity contribution in [2.24, 2.45) is 5.92 Å². The van der Waals surface area contributed by atoms with Gasteiger partial charge in [-0.3, -0.25) is 0 Å². The Balaban J connectivity index is 1.80. The molecule has 1 aromatic carbocycles. The Morgan fingerprint density at radius 1 is 1.20 bits per heavy atom. The van der Waals surface area contributed by atoms with E-state index in [0.717, 1.165) is 50.1 Å². The Bertz CT molecular complexity index is 1170. The van der Waals surface area contributed by atoms with Crippen LogP contribution in [0.15, 0.2) is 52.5 Å². The molecule has 30 heavy (non-hydrogen) atoms. The van der Waals surface area contributed by atoms with E-state index >= 15 is 0 Å². The monoisotopic (exact) mass is 429 g/mol. The predicted molar refractivity (Wildman–Crippen MR) is 113 cm³/mol. The fourth-order valence-electron chi connectivity index (χ4n) is 3.95. The molecule has 2 aromatic heterocycles. The van der Waals surface area contributed by atoms with Crippen LogP contribution in [0.3, 0.4) is 0 Å². The topological polar surface area (TPSA) is 88.1 Å². The number of imidazole rings is 1. The van der Waals surface area contributed by atoms with Gasteiger partial charge in [-0.05, 0) is 43.0 Å². The molecular formula is C22H27N3O4S. The van der Waals surface area contributed by atoms with Gasteiger partial charge in [0.25, 0.3) is 0 Å². The zero-order chi connectivity index (χ0) is 21.5. The summed E-state index contributed by atoms with van der Waals surface area (Å²) in [6.45, 7) is 8.74. The molecule has 3 aromatic rings. The molecule has 0 aliphatic carbocycles. The van der Waals surface area contributed by atoms with Crippen LogP contribution in [0.1, 0.15) is 39.4 Å². The smallest absolute Gasteiger partial charge is 0.212 e. The predicted octanol–water partition coefficient (Wildman–Crippen LogP) is 3.23. The Labute approximate surface area is 176 Å². The van der Waals surface area contributed by atoms with Crippen LogP contribution in [-0.4, -0.2) is 31.2 Å². The Kier molecular flexibility index (Phi) is 5.32. The number of benzene rings is 1. The molecular weight excluding hydrogens is 402 g/mol. The summed E-state index contributed by atoms with van der Waals surface area (Å²) in [7, 11) is -3.81. The Morgan fingerprint density at radius 3 is 2.60 bits per heavy atom. The van der Waals surface area contributed by atoms with Crippen LogP contribution in [0.25, 0.3) is 11.0 Å². The first-order chi connectivity index (χ1) is 14.2. The maximum absolute atomic E-state index is 13.0. The van der Waals surface area contributed by atoms with E-state index < -0.39 is 9.84 Å². The second kappa shape index (κ2) is 7.67. The number of ether oxygens (including phenoxy) is 1. The quantitative estimate of drug-likeness (QED) is 0.469. The minimum absolute atomic E-state index is 0.0305. The van der Waals surface area contributed by atoms with E-state index in [2.05, 4.69) is 25.3 Å². The average Bonchev–Trinajstić information content (AvgIpc) is 3.07. The van der Waals surface area contributed by atoms with Crippen LogP contribution < -0.4 is 4.73 Å². The number of sulfone groups is 1. The van der Waals surface area contributed by atoms with Gasteiger partial charge in [0.05, 0.1) is 15.9 Å². The molecule has 0 radical (unpaired) electrons. The van der Waals surface area contributed by atoms with Crippen molar-refractivity contribution >= 4 is 20.9 Å². The van der Waals surface area contributed by atoms with Crippen molar-refractivity contribution in [2.75, 3.05) is 13.2 Å². The van der Waals surface area contributed by atoms with Crippen LogP contribution in [0.2, 0.25) is 0 Å². The fraction of sp³-hybridized carbons (Fsp3) is 0.455. The zero-order valence-corrected chi connectivity index (χ0v) is 18.4. The van der Waals surface area contributed by atoms with Crippen molar-refractivity contribution in [3.63, 3.8) is 0 Å². The van der Waals surface area contributed by atoms with E-state index in [1.807, 2.05) is 6.07 Å². The second-order valence-electron chi connectivity index (χ2n) is 8.91. The van der Waals surface area contributed by atoms with Gasteiger partial charge < -0.3 is 14.5 Å². The summed E-state index contributed by atoms with van der Waals surface area (Å²) in [5.74, 6) is 1.45. The van der Waals surface area contributed by atoms with Gasteiger partial charge >= 0.3 is 0 Å². The number of pyridine rings is 1. The van der Waals surface area contributed by atoms with Gasteiger partial charge in [0, 0.05) is 31.2 Å². The van der Waals surface area contributed by atoms with Gasteiger partial charge in [-0.1, -0.05) is 20.8 Å². The lowest BCUT2D eigenvalue weighted by atomic mass is 9.94. The van der Waals surface area contributed by atoms with E-state index in [1.54, 1.807) is 12.1 Å². The summed E-state index contributed by atoms with van der Waals surface area (Å²) in [5, 5.41) is 11.6. The van der Waals surface area contributed by atoms with Gasteiger partial charge in [0.1, 0.15) is 10.7 Å². The summed E-state index contributed by atoms with van der Waals surface area (Å²) in [5.41, 5.74) is 1.40. The standard InChI is InChI=1S/C22H27N3O4S/c1-22(2,3)21-23-19-13-17(30(27,28)18-5-4-10-24(26)15-18)6-7-20(19)25(21)14-16-8-11-29-12-9-16/h4-7,10,13,15-16H,8-9,11-12,14H2,1-3H3. The third-order valence-electron chi connectivity index (χ3n) is 5.54. The molecule has 160 valence electrons. The molecule has 7 nitrogen and oxygen atoms in total. The van der Waals surface area contributed by atoms with Crippen LogP contribution in [0.5, 0.6) is 0 Å². The summed E-state index contributed by atoms with van der Waals surface area (Å²) in [6.07, 6.45) is 4.36. The van der Waals surface area contributed by atoms with E-state index in [-0.39, 0.29) is 15.2 Å². The SMILES string of the molecule is CC(C)(C)c1nc2cc(S(=O)(=O)c3ccc[n+]([O-])c3)ccc2n1CC1CCOCC1. The van der Waals surface area contributed by atoms with E-state index in [0.29, 0.717) is 16.2 Å². The molecule has 0 saturated carbocycles. The zero-order valence-electron chi connectivity index (χ0n) is 17.5. The molecule has 1 aliphatic heterocycles. The van der Waals surface area contributed by atoms with E-state index in [9.17, 15) is 13.6 Å². The number of fused-ring (bicyclic) bond motifs is 1. The third-order valence-corrected chi connectivity index (χ3v) is 7.28. The lowest BCUT2D eigenvalue weighted by molar-refractivity contribution is -0.607. The van der Waals surface area contributed by atoms with Crippen molar-refractivity contribution in [2.45, 2.75) is 55.4 Å². The molecule has 0 N–H and O–H groups in total. The van der Waals surface area contributed by atoms with Crippen molar-refractivity contribution in [3.05, 3.63) is 53.8 Å². The van der Waals surface area contributed by atoms with Gasteiger partial charge in [0.15, 0.2) is 12.4 Å². The number of nitrogens with zero attached hydrogens (tertiary/aromatic N) is 3. The number of aromatic nitrogens is 3. The van der Waals surface area contributed by atoms with Crippen LogP contribution in [-0.2, 0) is 26.5 Å². The van der Waals surface area contributed by atoms with Gasteiger partial charge in [-0.25, -0.2) is 13.4 Å². The molecule has 0 atom stereocenters. The first-order valence-corrected chi connectivity index (χ1v) is 11.7. The first kappa shape index (κ1) is 20.8. The van der Waals surface area contributed by atoms with Crippen LogP contribution >= 0.6 is 0 Å². The fourth-order valence-corrected chi connectivity index (χ4v) is 5.24.